The van der Waals surface area contributed by atoms with Crippen molar-refractivity contribution < 1.29 is 9.53 Å². The standard InChI is InChI=1S/C33H38N4O2/c38-33(35-27-10-12-29(13-11-27)39-28-6-2-1-3-7-28)37-22-15-25(16-23-37)14-19-36-20-17-26(18-21-36)31-24-34-32-9-5-4-8-30(31)32/h1-13,24-26,34H,14-23H2,(H,35,38). The molecule has 0 spiro atoms. The maximum Gasteiger partial charge on any atom is 0.321 e. The van der Waals surface area contributed by atoms with Crippen molar-refractivity contribution in [2.45, 2.75) is 38.0 Å². The van der Waals surface area contributed by atoms with Gasteiger partial charge in [0.15, 0.2) is 0 Å². The molecule has 2 saturated heterocycles. The molecule has 3 aromatic carbocycles. The van der Waals surface area contributed by atoms with E-state index in [2.05, 4.69) is 45.7 Å². The van der Waals surface area contributed by atoms with Gasteiger partial charge in [0.05, 0.1) is 0 Å². The maximum absolute atomic E-state index is 12.8. The fourth-order valence-electron chi connectivity index (χ4n) is 6.12. The van der Waals surface area contributed by atoms with Crippen LogP contribution in [-0.4, -0.2) is 53.5 Å². The zero-order valence-electron chi connectivity index (χ0n) is 22.5. The predicted molar refractivity (Wildman–Crippen MR) is 158 cm³/mol. The second kappa shape index (κ2) is 12.0. The normalized spacial score (nSPS) is 17.4. The summed E-state index contributed by atoms with van der Waals surface area (Å²) in [5.74, 6) is 2.91. The van der Waals surface area contributed by atoms with Gasteiger partial charge in [-0.1, -0.05) is 36.4 Å². The summed E-state index contributed by atoms with van der Waals surface area (Å²) in [5, 5.41) is 4.44. The number of rotatable bonds is 7. The molecule has 6 heteroatoms. The average molecular weight is 523 g/mol. The Morgan fingerprint density at radius 1 is 0.821 bits per heavy atom. The van der Waals surface area contributed by atoms with E-state index < -0.39 is 0 Å². The number of amides is 2. The molecular weight excluding hydrogens is 484 g/mol. The van der Waals surface area contributed by atoms with Crippen LogP contribution in [0.3, 0.4) is 0 Å². The second-order valence-corrected chi connectivity index (χ2v) is 11.0. The maximum atomic E-state index is 12.8. The van der Waals surface area contributed by atoms with Crippen molar-refractivity contribution in [2.75, 3.05) is 38.0 Å². The van der Waals surface area contributed by atoms with Crippen molar-refractivity contribution in [2.24, 2.45) is 5.92 Å². The molecule has 6 rings (SSSR count). The van der Waals surface area contributed by atoms with Crippen molar-refractivity contribution in [3.63, 3.8) is 0 Å². The van der Waals surface area contributed by atoms with Gasteiger partial charge in [-0.15, -0.1) is 0 Å². The first-order valence-corrected chi connectivity index (χ1v) is 14.4. The molecule has 0 radical (unpaired) electrons. The van der Waals surface area contributed by atoms with E-state index in [-0.39, 0.29) is 6.03 Å². The number of fused-ring (bicyclic) bond motifs is 1. The lowest BCUT2D eigenvalue weighted by molar-refractivity contribution is 0.160. The second-order valence-electron chi connectivity index (χ2n) is 11.0. The molecule has 0 aliphatic carbocycles. The van der Waals surface area contributed by atoms with Crippen LogP contribution < -0.4 is 10.1 Å². The van der Waals surface area contributed by atoms with Crippen LogP contribution >= 0.6 is 0 Å². The number of carbonyl (C=O) groups is 1. The van der Waals surface area contributed by atoms with Gasteiger partial charge in [-0.3, -0.25) is 0 Å². The summed E-state index contributed by atoms with van der Waals surface area (Å²) in [7, 11) is 0. The minimum absolute atomic E-state index is 0.00969. The van der Waals surface area contributed by atoms with Crippen LogP contribution in [0.2, 0.25) is 0 Å². The Morgan fingerprint density at radius 2 is 1.51 bits per heavy atom. The number of benzene rings is 3. The van der Waals surface area contributed by atoms with Crippen molar-refractivity contribution in [1.82, 2.24) is 14.8 Å². The van der Waals surface area contributed by atoms with Crippen LogP contribution in [0.25, 0.3) is 10.9 Å². The number of carbonyl (C=O) groups excluding carboxylic acids is 1. The number of H-pyrrole nitrogens is 1. The van der Waals surface area contributed by atoms with Crippen molar-refractivity contribution in [3.05, 3.63) is 90.6 Å². The van der Waals surface area contributed by atoms with Crippen LogP contribution in [0.15, 0.2) is 85.1 Å². The lowest BCUT2D eigenvalue weighted by Crippen LogP contribution is -2.42. The SMILES string of the molecule is O=C(Nc1ccc(Oc2ccccc2)cc1)N1CCC(CCN2CCC(c3c[nH]c4ccccc34)CC2)CC1. The topological polar surface area (TPSA) is 60.6 Å². The number of aromatic amines is 1. The molecule has 0 bridgehead atoms. The Balaban J connectivity index is 0.903. The van der Waals surface area contributed by atoms with E-state index in [0.29, 0.717) is 11.8 Å². The molecule has 3 heterocycles. The Labute approximate surface area is 231 Å². The Kier molecular flexibility index (Phi) is 7.82. The molecule has 0 unspecified atom stereocenters. The van der Waals surface area contributed by atoms with Crippen LogP contribution in [0.4, 0.5) is 10.5 Å². The molecular formula is C33H38N4O2. The highest BCUT2D eigenvalue weighted by molar-refractivity contribution is 5.89. The highest BCUT2D eigenvalue weighted by Gasteiger charge is 2.26. The van der Waals surface area contributed by atoms with Gasteiger partial charge in [-0.2, -0.15) is 0 Å². The summed E-state index contributed by atoms with van der Waals surface area (Å²) in [6.45, 7) is 5.19. The van der Waals surface area contributed by atoms with Gasteiger partial charge in [0.1, 0.15) is 11.5 Å². The zero-order valence-corrected chi connectivity index (χ0v) is 22.5. The van der Waals surface area contributed by atoms with Crippen LogP contribution in [0.5, 0.6) is 11.5 Å². The third-order valence-electron chi connectivity index (χ3n) is 8.49. The predicted octanol–water partition coefficient (Wildman–Crippen LogP) is 7.47. The smallest absolute Gasteiger partial charge is 0.321 e. The van der Waals surface area contributed by atoms with Crippen LogP contribution in [-0.2, 0) is 0 Å². The quantitative estimate of drug-likeness (QED) is 0.265. The monoisotopic (exact) mass is 522 g/mol. The Morgan fingerprint density at radius 3 is 2.28 bits per heavy atom. The summed E-state index contributed by atoms with van der Waals surface area (Å²) in [6.07, 6.45) is 8.10. The third kappa shape index (κ3) is 6.28. The molecule has 2 aliphatic heterocycles. The number of ether oxygens (including phenoxy) is 1. The number of likely N-dealkylation sites (tertiary alicyclic amines) is 2. The van der Waals surface area contributed by atoms with E-state index in [4.69, 9.17) is 4.74 Å². The van der Waals surface area contributed by atoms with Gasteiger partial charge in [-0.25, -0.2) is 4.79 Å². The highest BCUT2D eigenvalue weighted by atomic mass is 16.5. The molecule has 39 heavy (non-hydrogen) atoms. The fourth-order valence-corrected chi connectivity index (χ4v) is 6.12. The Hall–Kier alpha value is -3.77. The molecule has 2 aliphatic rings. The number of nitrogens with zero attached hydrogens (tertiary/aromatic N) is 2. The van der Waals surface area contributed by atoms with E-state index in [1.54, 1.807) is 0 Å². The lowest BCUT2D eigenvalue weighted by Gasteiger charge is -2.35. The average Bonchev–Trinajstić information content (AvgIpc) is 3.42. The number of hydrogen-bond acceptors (Lipinski definition) is 3. The molecule has 6 nitrogen and oxygen atoms in total. The van der Waals surface area contributed by atoms with E-state index in [1.165, 1.54) is 55.4 Å². The summed E-state index contributed by atoms with van der Waals surface area (Å²) in [5.41, 5.74) is 3.53. The van der Waals surface area contributed by atoms with Crippen molar-refractivity contribution in [3.8, 4) is 11.5 Å². The first kappa shape index (κ1) is 25.5. The van der Waals surface area contributed by atoms with Gasteiger partial charge >= 0.3 is 6.03 Å². The lowest BCUT2D eigenvalue weighted by atomic mass is 9.88. The number of aromatic nitrogens is 1. The van der Waals surface area contributed by atoms with E-state index >= 15 is 0 Å². The first-order valence-electron chi connectivity index (χ1n) is 14.4. The van der Waals surface area contributed by atoms with E-state index in [0.717, 1.165) is 43.1 Å². The largest absolute Gasteiger partial charge is 0.457 e. The molecule has 2 fully saturated rings. The van der Waals surface area contributed by atoms with Crippen LogP contribution in [0.1, 0.15) is 43.6 Å². The number of nitrogens with one attached hydrogen (secondary N) is 2. The van der Waals surface area contributed by atoms with Gasteiger partial charge in [0, 0.05) is 35.9 Å². The number of anilines is 1. The summed E-state index contributed by atoms with van der Waals surface area (Å²) in [4.78, 5) is 20.9. The number of para-hydroxylation sites is 2. The highest BCUT2D eigenvalue weighted by Crippen LogP contribution is 2.33. The van der Waals surface area contributed by atoms with Gasteiger partial charge in [0.2, 0.25) is 0 Å². The van der Waals surface area contributed by atoms with Crippen molar-refractivity contribution >= 4 is 22.6 Å². The van der Waals surface area contributed by atoms with E-state index in [1.807, 2.05) is 59.5 Å². The molecule has 2 amide bonds. The third-order valence-corrected chi connectivity index (χ3v) is 8.49. The fraction of sp³-hybridized carbons (Fsp3) is 0.364. The summed E-state index contributed by atoms with van der Waals surface area (Å²) >= 11 is 0. The number of hydrogen-bond donors (Lipinski definition) is 2. The minimum Gasteiger partial charge on any atom is -0.457 e. The molecule has 0 atom stereocenters. The number of piperidine rings is 2. The molecule has 1 aromatic heterocycles. The summed E-state index contributed by atoms with van der Waals surface area (Å²) in [6, 6.07) is 25.9. The van der Waals surface area contributed by atoms with Gasteiger partial charge < -0.3 is 24.8 Å². The first-order chi connectivity index (χ1) is 19.2. The minimum atomic E-state index is -0.00969. The van der Waals surface area contributed by atoms with E-state index in [9.17, 15) is 4.79 Å². The zero-order chi connectivity index (χ0) is 26.4. The molecule has 202 valence electrons. The molecule has 4 aromatic rings. The molecule has 0 saturated carbocycles. The van der Waals surface area contributed by atoms with Gasteiger partial charge in [0.25, 0.3) is 0 Å². The Bertz CT molecular complexity index is 1350. The van der Waals surface area contributed by atoms with Crippen LogP contribution in [0, 0.1) is 5.92 Å². The van der Waals surface area contributed by atoms with Crippen molar-refractivity contribution in [1.29, 1.82) is 0 Å². The summed E-state index contributed by atoms with van der Waals surface area (Å²) < 4.78 is 5.84. The number of urea groups is 1. The molecule has 2 N–H and O–H groups in total. The van der Waals surface area contributed by atoms with Gasteiger partial charge in [-0.05, 0) is 112 Å².